The van der Waals surface area contributed by atoms with Crippen molar-refractivity contribution in [2.24, 2.45) is 0 Å². The summed E-state index contributed by atoms with van der Waals surface area (Å²) in [4.78, 5) is 16.2. The standard InChI is InChI=1S/C13H12N4O/c1-8-3-5-10(6-4-8)12-14-9(2)7-11-15-16-13(18)17(11)12/h3-7H,1-2H3,(H,16,18). The molecular weight excluding hydrogens is 228 g/mol. The number of rotatable bonds is 1. The molecule has 0 atom stereocenters. The predicted molar refractivity (Wildman–Crippen MR) is 68.5 cm³/mol. The quantitative estimate of drug-likeness (QED) is 0.704. The maximum atomic E-state index is 11.8. The second-order valence-electron chi connectivity index (χ2n) is 4.31. The molecule has 3 rings (SSSR count). The van der Waals surface area contributed by atoms with Crippen LogP contribution in [0.5, 0.6) is 0 Å². The molecule has 2 aromatic heterocycles. The van der Waals surface area contributed by atoms with Gasteiger partial charge in [0.25, 0.3) is 0 Å². The van der Waals surface area contributed by atoms with Crippen LogP contribution in [0.4, 0.5) is 0 Å². The minimum Gasteiger partial charge on any atom is -0.246 e. The molecule has 0 amide bonds. The fourth-order valence-electron chi connectivity index (χ4n) is 1.94. The first-order chi connectivity index (χ1) is 8.65. The van der Waals surface area contributed by atoms with Crippen LogP contribution >= 0.6 is 0 Å². The Labute approximate surface area is 103 Å². The van der Waals surface area contributed by atoms with Crippen LogP contribution in [0.1, 0.15) is 11.3 Å². The monoisotopic (exact) mass is 240 g/mol. The second-order valence-corrected chi connectivity index (χ2v) is 4.31. The summed E-state index contributed by atoms with van der Waals surface area (Å²) in [5.41, 5.74) is 3.22. The summed E-state index contributed by atoms with van der Waals surface area (Å²) in [6.07, 6.45) is 0. The largest absolute Gasteiger partial charge is 0.349 e. The van der Waals surface area contributed by atoms with E-state index in [9.17, 15) is 4.79 Å². The van der Waals surface area contributed by atoms with Crippen molar-refractivity contribution in [3.63, 3.8) is 0 Å². The van der Waals surface area contributed by atoms with Gasteiger partial charge in [-0.1, -0.05) is 29.8 Å². The zero-order valence-corrected chi connectivity index (χ0v) is 10.1. The third-order valence-corrected chi connectivity index (χ3v) is 2.84. The molecule has 2 heterocycles. The molecule has 5 nitrogen and oxygen atoms in total. The number of nitrogens with one attached hydrogen (secondary N) is 1. The number of nitrogens with zero attached hydrogens (tertiary/aromatic N) is 3. The molecule has 90 valence electrons. The number of fused-ring (bicyclic) bond motifs is 1. The minimum absolute atomic E-state index is 0.270. The van der Waals surface area contributed by atoms with Gasteiger partial charge in [0, 0.05) is 17.3 Å². The van der Waals surface area contributed by atoms with Gasteiger partial charge in [-0.2, -0.15) is 5.10 Å². The van der Waals surface area contributed by atoms with E-state index in [0.717, 1.165) is 11.3 Å². The van der Waals surface area contributed by atoms with Gasteiger partial charge < -0.3 is 0 Å². The van der Waals surface area contributed by atoms with E-state index in [-0.39, 0.29) is 5.69 Å². The zero-order chi connectivity index (χ0) is 12.7. The number of aryl methyl sites for hydroxylation is 2. The van der Waals surface area contributed by atoms with Crippen molar-refractivity contribution in [3.05, 3.63) is 52.1 Å². The topological polar surface area (TPSA) is 63.0 Å². The summed E-state index contributed by atoms with van der Waals surface area (Å²) in [6, 6.07) is 9.67. The van der Waals surface area contributed by atoms with Gasteiger partial charge in [-0.3, -0.25) is 0 Å². The van der Waals surface area contributed by atoms with Crippen molar-refractivity contribution < 1.29 is 0 Å². The summed E-state index contributed by atoms with van der Waals surface area (Å²) in [7, 11) is 0. The van der Waals surface area contributed by atoms with Crippen LogP contribution in [0.25, 0.3) is 17.0 Å². The highest BCUT2D eigenvalue weighted by molar-refractivity contribution is 5.59. The molecule has 1 N–H and O–H groups in total. The Kier molecular flexibility index (Phi) is 2.26. The molecule has 0 unspecified atom stereocenters. The number of aromatic amines is 1. The molecule has 0 aliphatic heterocycles. The van der Waals surface area contributed by atoms with E-state index in [1.54, 1.807) is 6.07 Å². The summed E-state index contributed by atoms with van der Waals surface area (Å²) in [5, 5.41) is 6.41. The van der Waals surface area contributed by atoms with Gasteiger partial charge in [0.05, 0.1) is 0 Å². The van der Waals surface area contributed by atoms with Crippen LogP contribution in [0.3, 0.4) is 0 Å². The summed E-state index contributed by atoms with van der Waals surface area (Å²) in [5.74, 6) is 0.615. The molecule has 0 aliphatic rings. The van der Waals surface area contributed by atoms with E-state index < -0.39 is 0 Å². The number of hydrogen-bond donors (Lipinski definition) is 1. The summed E-state index contributed by atoms with van der Waals surface area (Å²) < 4.78 is 1.48. The highest BCUT2D eigenvalue weighted by atomic mass is 16.1. The van der Waals surface area contributed by atoms with Gasteiger partial charge in [-0.05, 0) is 13.8 Å². The number of benzene rings is 1. The van der Waals surface area contributed by atoms with E-state index in [0.29, 0.717) is 11.5 Å². The van der Waals surface area contributed by atoms with Crippen molar-refractivity contribution in [1.29, 1.82) is 0 Å². The molecule has 0 aliphatic carbocycles. The predicted octanol–water partition coefficient (Wildman–Crippen LogP) is 1.70. The van der Waals surface area contributed by atoms with Crippen LogP contribution in [0, 0.1) is 13.8 Å². The van der Waals surface area contributed by atoms with E-state index in [1.165, 1.54) is 9.96 Å². The lowest BCUT2D eigenvalue weighted by Gasteiger charge is -2.05. The van der Waals surface area contributed by atoms with Gasteiger partial charge in [0.15, 0.2) is 5.65 Å². The Hall–Kier alpha value is -2.43. The maximum absolute atomic E-state index is 11.8. The van der Waals surface area contributed by atoms with Crippen LogP contribution in [-0.4, -0.2) is 19.6 Å². The Bertz CT molecular complexity index is 768. The number of H-pyrrole nitrogens is 1. The molecule has 5 heteroatoms. The van der Waals surface area contributed by atoms with Crippen molar-refractivity contribution >= 4 is 5.65 Å². The molecule has 0 saturated carbocycles. The van der Waals surface area contributed by atoms with Crippen molar-refractivity contribution in [2.75, 3.05) is 0 Å². The van der Waals surface area contributed by atoms with Gasteiger partial charge in [0.2, 0.25) is 0 Å². The highest BCUT2D eigenvalue weighted by Gasteiger charge is 2.10. The molecule has 1 aromatic carbocycles. The molecule has 0 saturated heterocycles. The van der Waals surface area contributed by atoms with Gasteiger partial charge in [-0.25, -0.2) is 19.3 Å². The molecule has 0 radical (unpaired) electrons. The Morgan fingerprint density at radius 3 is 2.61 bits per heavy atom. The lowest BCUT2D eigenvalue weighted by molar-refractivity contribution is 0.994. The molecule has 0 fully saturated rings. The van der Waals surface area contributed by atoms with Crippen LogP contribution < -0.4 is 5.69 Å². The van der Waals surface area contributed by atoms with Crippen molar-refractivity contribution in [3.8, 4) is 11.4 Å². The second kappa shape index (κ2) is 3.80. The Morgan fingerprint density at radius 1 is 1.17 bits per heavy atom. The van der Waals surface area contributed by atoms with Crippen LogP contribution in [0.15, 0.2) is 35.1 Å². The average molecular weight is 240 g/mol. The molecule has 0 bridgehead atoms. The third-order valence-electron chi connectivity index (χ3n) is 2.84. The highest BCUT2D eigenvalue weighted by Crippen LogP contribution is 2.18. The third kappa shape index (κ3) is 1.60. The van der Waals surface area contributed by atoms with E-state index in [2.05, 4.69) is 15.2 Å². The summed E-state index contributed by atoms with van der Waals surface area (Å²) >= 11 is 0. The normalized spacial score (nSPS) is 11.0. The van der Waals surface area contributed by atoms with Crippen LogP contribution in [-0.2, 0) is 0 Å². The molecule has 18 heavy (non-hydrogen) atoms. The van der Waals surface area contributed by atoms with Crippen LogP contribution in [0.2, 0.25) is 0 Å². The lowest BCUT2D eigenvalue weighted by Crippen LogP contribution is -2.13. The Morgan fingerprint density at radius 2 is 1.89 bits per heavy atom. The first kappa shape index (κ1) is 10.7. The lowest BCUT2D eigenvalue weighted by atomic mass is 10.1. The van der Waals surface area contributed by atoms with Gasteiger partial charge in [0.1, 0.15) is 5.82 Å². The number of hydrogen-bond acceptors (Lipinski definition) is 3. The fraction of sp³-hybridized carbons (Fsp3) is 0.154. The fourth-order valence-corrected chi connectivity index (χ4v) is 1.94. The summed E-state index contributed by atoms with van der Waals surface area (Å²) in [6.45, 7) is 3.91. The van der Waals surface area contributed by atoms with Crippen molar-refractivity contribution in [1.82, 2.24) is 19.6 Å². The maximum Gasteiger partial charge on any atom is 0.349 e. The SMILES string of the molecule is Cc1ccc(-c2nc(C)cc3n[nH]c(=O)n23)cc1. The van der Waals surface area contributed by atoms with Crippen molar-refractivity contribution in [2.45, 2.75) is 13.8 Å². The van der Waals surface area contributed by atoms with Gasteiger partial charge >= 0.3 is 5.69 Å². The number of aromatic nitrogens is 4. The first-order valence-corrected chi connectivity index (χ1v) is 5.67. The van der Waals surface area contributed by atoms with E-state index in [4.69, 9.17) is 0 Å². The molecular formula is C13H12N4O. The Balaban J connectivity index is 2.37. The van der Waals surface area contributed by atoms with Gasteiger partial charge in [-0.15, -0.1) is 0 Å². The molecule has 0 spiro atoms. The smallest absolute Gasteiger partial charge is 0.246 e. The first-order valence-electron chi connectivity index (χ1n) is 5.67. The van der Waals surface area contributed by atoms with E-state index in [1.807, 2.05) is 38.1 Å². The zero-order valence-electron chi connectivity index (χ0n) is 10.1. The average Bonchev–Trinajstić information content (AvgIpc) is 2.71. The minimum atomic E-state index is -0.270. The van der Waals surface area contributed by atoms with E-state index >= 15 is 0 Å². The molecule has 3 aromatic rings.